The summed E-state index contributed by atoms with van der Waals surface area (Å²) in [6, 6.07) is -0.681. The van der Waals surface area contributed by atoms with Gasteiger partial charge in [-0.2, -0.15) is 5.11 Å². The number of amidine groups is 1. The zero-order chi connectivity index (χ0) is 9.42. The van der Waals surface area contributed by atoms with Gasteiger partial charge in [0.05, 0.1) is 17.8 Å². The maximum atomic E-state index is 10.6. The number of aliphatic imine (C=N–C) groups is 1. The summed E-state index contributed by atoms with van der Waals surface area (Å²) in [7, 11) is 0. The largest absolute Gasteiger partial charge is 0.478 e. The van der Waals surface area contributed by atoms with Crippen molar-refractivity contribution in [3.8, 4) is 0 Å². The number of carbonyl (C=O) groups is 1. The van der Waals surface area contributed by atoms with Crippen LogP contribution < -0.4 is 5.73 Å². The average molecular weight is 178 g/mol. The number of nitrogens with zero attached hydrogens (tertiary/aromatic N) is 3. The molecule has 0 spiro atoms. The summed E-state index contributed by atoms with van der Waals surface area (Å²) in [6.45, 7) is 0. The second-order valence-electron chi connectivity index (χ2n) is 2.62. The van der Waals surface area contributed by atoms with E-state index in [1.807, 2.05) is 0 Å². The maximum absolute atomic E-state index is 10.6. The Morgan fingerprint density at radius 2 is 2.31 bits per heavy atom. The van der Waals surface area contributed by atoms with Crippen LogP contribution in [0, 0.1) is 0 Å². The number of nitrogens with two attached hydrogens (primary N) is 1. The number of azo groups is 1. The first-order valence-electron chi connectivity index (χ1n) is 3.58. The van der Waals surface area contributed by atoms with E-state index in [2.05, 4.69) is 15.2 Å². The van der Waals surface area contributed by atoms with Crippen LogP contribution in [0.3, 0.4) is 0 Å². The lowest BCUT2D eigenvalue weighted by Gasteiger charge is -2.15. The minimum atomic E-state index is -1.07. The van der Waals surface area contributed by atoms with E-state index in [0.717, 1.165) is 0 Å². The van der Waals surface area contributed by atoms with Gasteiger partial charge in [-0.1, -0.05) is 0 Å². The van der Waals surface area contributed by atoms with Gasteiger partial charge in [0.15, 0.2) is 5.84 Å². The Kier molecular flexibility index (Phi) is 1.56. The number of rotatable bonds is 1. The fourth-order valence-corrected chi connectivity index (χ4v) is 1.15. The predicted octanol–water partition coefficient (Wildman–Crippen LogP) is 0.0440. The Hall–Kier alpha value is -1.82. The van der Waals surface area contributed by atoms with Crippen LogP contribution in [-0.2, 0) is 4.79 Å². The van der Waals surface area contributed by atoms with E-state index in [-0.39, 0.29) is 5.57 Å². The van der Waals surface area contributed by atoms with Crippen LogP contribution in [-0.4, -0.2) is 23.0 Å². The molecule has 0 aromatic heterocycles. The van der Waals surface area contributed by atoms with E-state index in [9.17, 15) is 4.79 Å². The molecule has 0 saturated heterocycles. The lowest BCUT2D eigenvalue weighted by Crippen LogP contribution is -2.33. The van der Waals surface area contributed by atoms with E-state index in [4.69, 9.17) is 10.8 Å². The normalized spacial score (nSPS) is 24.7. The lowest BCUT2D eigenvalue weighted by atomic mass is 9.98. The molecule has 13 heavy (non-hydrogen) atoms. The number of carboxylic acids is 1. The molecule has 2 aliphatic rings. The molecule has 0 amide bonds. The molecule has 6 heteroatoms. The highest BCUT2D eigenvalue weighted by atomic mass is 16.4. The molecule has 1 unspecified atom stereocenters. The third-order valence-corrected chi connectivity index (χ3v) is 1.85. The molecule has 2 aliphatic heterocycles. The molecular weight excluding hydrogens is 172 g/mol. The van der Waals surface area contributed by atoms with Crippen molar-refractivity contribution in [2.24, 2.45) is 21.0 Å². The minimum Gasteiger partial charge on any atom is -0.478 e. The fraction of sp³-hybridized carbons (Fsp3) is 0.143. The Bertz CT molecular complexity index is 391. The Morgan fingerprint density at radius 1 is 1.54 bits per heavy atom. The summed E-state index contributed by atoms with van der Waals surface area (Å²) >= 11 is 0. The molecule has 0 fully saturated rings. The maximum Gasteiger partial charge on any atom is 0.335 e. The van der Waals surface area contributed by atoms with E-state index >= 15 is 0 Å². The fourth-order valence-electron chi connectivity index (χ4n) is 1.15. The molecule has 6 nitrogen and oxygen atoms in total. The first-order chi connectivity index (χ1) is 6.20. The van der Waals surface area contributed by atoms with Gasteiger partial charge in [0.1, 0.15) is 0 Å². The van der Waals surface area contributed by atoms with Crippen LogP contribution in [0.15, 0.2) is 38.8 Å². The summed E-state index contributed by atoms with van der Waals surface area (Å²) in [4.78, 5) is 14.5. The summed E-state index contributed by atoms with van der Waals surface area (Å²) in [6.07, 6.45) is 2.64. The lowest BCUT2D eigenvalue weighted by molar-refractivity contribution is -0.132. The van der Waals surface area contributed by atoms with Crippen molar-refractivity contribution < 1.29 is 9.90 Å². The second-order valence-corrected chi connectivity index (χ2v) is 2.62. The minimum absolute atomic E-state index is 0.0577. The van der Waals surface area contributed by atoms with Crippen molar-refractivity contribution >= 4 is 11.8 Å². The van der Waals surface area contributed by atoms with Crippen LogP contribution >= 0.6 is 0 Å². The zero-order valence-corrected chi connectivity index (χ0v) is 6.51. The van der Waals surface area contributed by atoms with E-state index in [1.165, 1.54) is 12.4 Å². The van der Waals surface area contributed by atoms with E-state index in [1.54, 1.807) is 0 Å². The van der Waals surface area contributed by atoms with Gasteiger partial charge in [0, 0.05) is 11.8 Å². The van der Waals surface area contributed by atoms with Crippen LogP contribution in [0.4, 0.5) is 0 Å². The summed E-state index contributed by atoms with van der Waals surface area (Å²) in [5.74, 6) is -0.666. The van der Waals surface area contributed by atoms with Crippen molar-refractivity contribution in [1.29, 1.82) is 0 Å². The number of aliphatic carboxylic acids is 1. The quantitative estimate of drug-likeness (QED) is 0.592. The molecule has 2 rings (SSSR count). The predicted molar refractivity (Wildman–Crippen MR) is 44.1 cm³/mol. The van der Waals surface area contributed by atoms with Crippen molar-refractivity contribution in [3.63, 3.8) is 0 Å². The zero-order valence-electron chi connectivity index (χ0n) is 6.51. The van der Waals surface area contributed by atoms with Gasteiger partial charge in [-0.3, -0.25) is 0 Å². The number of fused-ring (bicyclic) bond motifs is 1. The SMILES string of the molecule is NC1C(C(=O)O)=CN=C2N=NC=C21. The molecule has 0 radical (unpaired) electrons. The summed E-state index contributed by atoms with van der Waals surface area (Å²) < 4.78 is 0. The molecule has 0 aliphatic carbocycles. The molecule has 1 atom stereocenters. The van der Waals surface area contributed by atoms with Gasteiger partial charge in [-0.15, -0.1) is 5.11 Å². The highest BCUT2D eigenvalue weighted by molar-refractivity contribution is 6.06. The molecule has 66 valence electrons. The Labute approximate surface area is 73.2 Å². The van der Waals surface area contributed by atoms with E-state index < -0.39 is 12.0 Å². The molecular formula is C7H6N4O2. The third kappa shape index (κ3) is 1.07. The molecule has 3 N–H and O–H groups in total. The van der Waals surface area contributed by atoms with Gasteiger partial charge in [0.25, 0.3) is 0 Å². The number of carboxylic acid groups (broad SMARTS) is 1. The van der Waals surface area contributed by atoms with E-state index in [0.29, 0.717) is 11.4 Å². The van der Waals surface area contributed by atoms with Gasteiger partial charge < -0.3 is 10.8 Å². The molecule has 0 saturated carbocycles. The highest BCUT2D eigenvalue weighted by Crippen LogP contribution is 2.22. The summed E-state index contributed by atoms with van der Waals surface area (Å²) in [5.41, 5.74) is 6.26. The van der Waals surface area contributed by atoms with Gasteiger partial charge >= 0.3 is 5.97 Å². The average Bonchev–Trinajstić information content (AvgIpc) is 2.52. The third-order valence-electron chi connectivity index (χ3n) is 1.85. The van der Waals surface area contributed by atoms with Crippen molar-refractivity contribution in [2.45, 2.75) is 6.04 Å². The molecule has 0 aromatic rings. The highest BCUT2D eigenvalue weighted by Gasteiger charge is 2.29. The van der Waals surface area contributed by atoms with Crippen LogP contribution in [0.5, 0.6) is 0 Å². The number of hydrogen-bond acceptors (Lipinski definition) is 5. The Balaban J connectivity index is 2.43. The Morgan fingerprint density at radius 3 is 3.00 bits per heavy atom. The molecule has 2 heterocycles. The van der Waals surface area contributed by atoms with Gasteiger partial charge in [0.2, 0.25) is 0 Å². The van der Waals surface area contributed by atoms with Crippen molar-refractivity contribution in [2.75, 3.05) is 0 Å². The van der Waals surface area contributed by atoms with Crippen LogP contribution in [0.2, 0.25) is 0 Å². The van der Waals surface area contributed by atoms with Crippen LogP contribution in [0.25, 0.3) is 0 Å². The second kappa shape index (κ2) is 2.60. The topological polar surface area (TPSA) is 100 Å². The summed E-state index contributed by atoms with van der Waals surface area (Å²) in [5, 5.41) is 16.0. The monoisotopic (exact) mass is 178 g/mol. The first-order valence-corrected chi connectivity index (χ1v) is 3.58. The van der Waals surface area contributed by atoms with Gasteiger partial charge in [-0.05, 0) is 0 Å². The van der Waals surface area contributed by atoms with Crippen LogP contribution in [0.1, 0.15) is 0 Å². The van der Waals surface area contributed by atoms with Gasteiger partial charge in [-0.25, -0.2) is 9.79 Å². The smallest absolute Gasteiger partial charge is 0.335 e. The molecule has 0 bridgehead atoms. The van der Waals surface area contributed by atoms with Crippen molar-refractivity contribution in [3.05, 3.63) is 23.5 Å². The molecule has 0 aromatic carbocycles. The first kappa shape index (κ1) is 7.81. The number of hydrogen-bond donors (Lipinski definition) is 2. The standard InChI is InChI=1S/C7H6N4O2/c8-5-3-2-10-11-6(3)9-1-4(5)7(12)13/h1-2,5H,8H2,(H,12,13). The van der Waals surface area contributed by atoms with Crippen molar-refractivity contribution in [1.82, 2.24) is 0 Å².